The number of carboxylic acid groups (broad SMARTS) is 1. The molecule has 0 spiro atoms. The van der Waals surface area contributed by atoms with Gasteiger partial charge in [-0.2, -0.15) is 0 Å². The van der Waals surface area contributed by atoms with Gasteiger partial charge in [0.05, 0.1) is 0 Å². The lowest BCUT2D eigenvalue weighted by atomic mass is 9.94. The number of carbonyl (C=O) groups excluding carboxylic acids is 1. The van der Waals surface area contributed by atoms with Crippen molar-refractivity contribution in [2.24, 2.45) is 5.92 Å². The Balaban J connectivity index is 3.85. The van der Waals surface area contributed by atoms with E-state index in [4.69, 9.17) is 5.11 Å². The maximum Gasteiger partial charge on any atom is 0.303 e. The Bertz CT molecular complexity index is 282. The lowest BCUT2D eigenvalue weighted by Crippen LogP contribution is -2.34. The van der Waals surface area contributed by atoms with Crippen molar-refractivity contribution < 1.29 is 14.7 Å². The van der Waals surface area contributed by atoms with Crippen molar-refractivity contribution in [3.8, 4) is 0 Å². The first kappa shape index (κ1) is 18.9. The first-order valence-electron chi connectivity index (χ1n) is 7.71. The number of rotatable bonds is 12. The zero-order valence-corrected chi connectivity index (χ0v) is 13.1. The zero-order chi connectivity index (χ0) is 15.4. The summed E-state index contributed by atoms with van der Waals surface area (Å²) in [7, 11) is 0. The lowest BCUT2D eigenvalue weighted by Gasteiger charge is -2.16. The van der Waals surface area contributed by atoms with Crippen LogP contribution in [-0.2, 0) is 9.59 Å². The Labute approximate surface area is 122 Å². The van der Waals surface area contributed by atoms with Crippen LogP contribution in [0.2, 0.25) is 0 Å². The second kappa shape index (κ2) is 11.7. The first-order valence-corrected chi connectivity index (χ1v) is 7.71. The summed E-state index contributed by atoms with van der Waals surface area (Å²) < 4.78 is 0. The first-order chi connectivity index (χ1) is 9.49. The summed E-state index contributed by atoms with van der Waals surface area (Å²) in [5.74, 6) is -0.288. The highest BCUT2D eigenvalue weighted by Crippen LogP contribution is 2.17. The summed E-state index contributed by atoms with van der Waals surface area (Å²) in [6.07, 6.45) is 4.35. The third-order valence-electron chi connectivity index (χ3n) is 3.38. The van der Waals surface area contributed by atoms with E-state index in [1.165, 1.54) is 0 Å². The summed E-state index contributed by atoms with van der Waals surface area (Å²) in [6.45, 7) is 7.62. The van der Waals surface area contributed by atoms with Crippen LogP contribution < -0.4 is 10.6 Å². The van der Waals surface area contributed by atoms with Gasteiger partial charge in [0.25, 0.3) is 0 Å². The standard InChI is InChI=1S/C15H30N2O3/c1-4-6-13(7-8-15(19)20)9-10-17-14(18)11-12(3)16-5-2/h12-13,16H,4-11H2,1-3H3,(H,17,18)(H,19,20). The summed E-state index contributed by atoms with van der Waals surface area (Å²) in [4.78, 5) is 22.3. The second-order valence-corrected chi connectivity index (χ2v) is 5.39. The molecule has 0 aromatic rings. The van der Waals surface area contributed by atoms with E-state index < -0.39 is 5.97 Å². The second-order valence-electron chi connectivity index (χ2n) is 5.39. The number of nitrogens with one attached hydrogen (secondary N) is 2. The van der Waals surface area contributed by atoms with Crippen LogP contribution in [0.15, 0.2) is 0 Å². The van der Waals surface area contributed by atoms with E-state index in [2.05, 4.69) is 17.6 Å². The average Bonchev–Trinajstić information content (AvgIpc) is 2.35. The predicted octanol–water partition coefficient (Wildman–Crippen LogP) is 2.16. The minimum atomic E-state index is -0.741. The Hall–Kier alpha value is -1.10. The molecule has 5 heteroatoms. The summed E-state index contributed by atoms with van der Waals surface area (Å²) in [5, 5.41) is 14.8. The number of carbonyl (C=O) groups is 2. The van der Waals surface area contributed by atoms with E-state index >= 15 is 0 Å². The molecule has 0 aromatic carbocycles. The van der Waals surface area contributed by atoms with Gasteiger partial charge in [-0.1, -0.05) is 26.7 Å². The fourth-order valence-corrected chi connectivity index (χ4v) is 2.36. The van der Waals surface area contributed by atoms with Crippen molar-refractivity contribution in [1.29, 1.82) is 0 Å². The largest absolute Gasteiger partial charge is 0.481 e. The summed E-state index contributed by atoms with van der Waals surface area (Å²) in [5.41, 5.74) is 0. The van der Waals surface area contributed by atoms with Gasteiger partial charge in [-0.15, -0.1) is 0 Å². The highest BCUT2D eigenvalue weighted by molar-refractivity contribution is 5.76. The minimum absolute atomic E-state index is 0.0620. The van der Waals surface area contributed by atoms with Gasteiger partial charge >= 0.3 is 5.97 Å². The van der Waals surface area contributed by atoms with E-state index in [1.807, 2.05) is 13.8 Å². The van der Waals surface area contributed by atoms with Gasteiger partial charge in [0.15, 0.2) is 0 Å². The van der Waals surface area contributed by atoms with Crippen molar-refractivity contribution in [2.75, 3.05) is 13.1 Å². The van der Waals surface area contributed by atoms with Gasteiger partial charge in [-0.05, 0) is 32.2 Å². The highest BCUT2D eigenvalue weighted by atomic mass is 16.4. The molecule has 3 N–H and O–H groups in total. The lowest BCUT2D eigenvalue weighted by molar-refractivity contribution is -0.137. The van der Waals surface area contributed by atoms with Crippen LogP contribution in [0.25, 0.3) is 0 Å². The number of amides is 1. The van der Waals surface area contributed by atoms with Gasteiger partial charge in [0.2, 0.25) is 5.91 Å². The molecular weight excluding hydrogens is 256 g/mol. The maximum absolute atomic E-state index is 11.7. The molecule has 0 saturated heterocycles. The molecule has 0 aliphatic heterocycles. The monoisotopic (exact) mass is 286 g/mol. The van der Waals surface area contributed by atoms with E-state index in [0.29, 0.717) is 25.3 Å². The Morgan fingerprint density at radius 1 is 1.15 bits per heavy atom. The molecule has 0 fully saturated rings. The van der Waals surface area contributed by atoms with Crippen molar-refractivity contribution >= 4 is 11.9 Å². The minimum Gasteiger partial charge on any atom is -0.481 e. The maximum atomic E-state index is 11.7. The van der Waals surface area contributed by atoms with Crippen LogP contribution in [0.4, 0.5) is 0 Å². The van der Waals surface area contributed by atoms with E-state index in [1.54, 1.807) is 0 Å². The molecule has 0 radical (unpaired) electrons. The smallest absolute Gasteiger partial charge is 0.303 e. The van der Waals surface area contributed by atoms with Crippen LogP contribution >= 0.6 is 0 Å². The molecule has 2 unspecified atom stereocenters. The van der Waals surface area contributed by atoms with Gasteiger partial charge in [-0.25, -0.2) is 0 Å². The van der Waals surface area contributed by atoms with Crippen LogP contribution in [0, 0.1) is 5.92 Å². The Morgan fingerprint density at radius 2 is 1.85 bits per heavy atom. The Morgan fingerprint density at radius 3 is 2.40 bits per heavy atom. The molecule has 20 heavy (non-hydrogen) atoms. The SMILES string of the molecule is CCCC(CCNC(=O)CC(C)NCC)CCC(=O)O. The third kappa shape index (κ3) is 10.8. The quantitative estimate of drug-likeness (QED) is 0.514. The topological polar surface area (TPSA) is 78.4 Å². The fourth-order valence-electron chi connectivity index (χ4n) is 2.36. The van der Waals surface area contributed by atoms with E-state index in [0.717, 1.165) is 25.8 Å². The molecule has 0 rings (SSSR count). The highest BCUT2D eigenvalue weighted by Gasteiger charge is 2.12. The van der Waals surface area contributed by atoms with Crippen LogP contribution in [0.1, 0.15) is 59.3 Å². The molecule has 0 aromatic heterocycles. The van der Waals surface area contributed by atoms with Crippen molar-refractivity contribution in [2.45, 2.75) is 65.3 Å². The Kier molecular flexibility index (Phi) is 11.1. The molecule has 118 valence electrons. The molecular formula is C15H30N2O3. The molecule has 0 aliphatic rings. The number of hydrogen-bond donors (Lipinski definition) is 3. The van der Waals surface area contributed by atoms with Crippen LogP contribution in [0.5, 0.6) is 0 Å². The molecule has 0 bridgehead atoms. The zero-order valence-electron chi connectivity index (χ0n) is 13.1. The van der Waals surface area contributed by atoms with Gasteiger partial charge < -0.3 is 15.7 Å². The van der Waals surface area contributed by atoms with Crippen LogP contribution in [0.3, 0.4) is 0 Å². The van der Waals surface area contributed by atoms with Crippen LogP contribution in [-0.4, -0.2) is 36.1 Å². The van der Waals surface area contributed by atoms with E-state index in [9.17, 15) is 9.59 Å². The van der Waals surface area contributed by atoms with Gasteiger partial charge in [0.1, 0.15) is 0 Å². The fraction of sp³-hybridized carbons (Fsp3) is 0.867. The summed E-state index contributed by atoms with van der Waals surface area (Å²) in [6, 6.07) is 0.193. The number of carboxylic acids is 1. The van der Waals surface area contributed by atoms with Crippen molar-refractivity contribution in [3.63, 3.8) is 0 Å². The molecule has 0 saturated carbocycles. The molecule has 1 amide bonds. The summed E-state index contributed by atoms with van der Waals surface area (Å²) >= 11 is 0. The van der Waals surface area contributed by atoms with Crippen molar-refractivity contribution in [3.05, 3.63) is 0 Å². The average molecular weight is 286 g/mol. The van der Waals surface area contributed by atoms with Gasteiger partial charge in [-0.3, -0.25) is 9.59 Å². The number of hydrogen-bond acceptors (Lipinski definition) is 3. The molecule has 5 nitrogen and oxygen atoms in total. The number of aliphatic carboxylic acids is 1. The van der Waals surface area contributed by atoms with Crippen molar-refractivity contribution in [1.82, 2.24) is 10.6 Å². The predicted molar refractivity (Wildman–Crippen MR) is 80.7 cm³/mol. The molecule has 2 atom stereocenters. The normalized spacial score (nSPS) is 13.8. The molecule has 0 heterocycles. The van der Waals surface area contributed by atoms with Gasteiger partial charge in [0, 0.05) is 25.4 Å². The third-order valence-corrected chi connectivity index (χ3v) is 3.38. The van der Waals surface area contributed by atoms with E-state index in [-0.39, 0.29) is 18.4 Å². The molecule has 0 aliphatic carbocycles.